The van der Waals surface area contributed by atoms with Crippen molar-refractivity contribution in [3.63, 3.8) is 0 Å². The van der Waals surface area contributed by atoms with E-state index >= 15 is 0 Å². The summed E-state index contributed by atoms with van der Waals surface area (Å²) in [6.45, 7) is 4.20. The molecule has 0 unspecified atom stereocenters. The zero-order valence-corrected chi connectivity index (χ0v) is 16.1. The van der Waals surface area contributed by atoms with Gasteiger partial charge in [-0.2, -0.15) is 0 Å². The zero-order chi connectivity index (χ0) is 18.4. The van der Waals surface area contributed by atoms with Crippen LogP contribution in [0.25, 0.3) is 0 Å². The van der Waals surface area contributed by atoms with Gasteiger partial charge >= 0.3 is 5.97 Å². The van der Waals surface area contributed by atoms with Gasteiger partial charge in [-0.3, -0.25) is 4.79 Å². The molecule has 0 bridgehead atoms. The highest BCUT2D eigenvalue weighted by Crippen LogP contribution is 2.60. The maximum absolute atomic E-state index is 14.0. The van der Waals surface area contributed by atoms with E-state index in [1.807, 2.05) is 13.8 Å². The van der Waals surface area contributed by atoms with Gasteiger partial charge in [-0.15, -0.1) is 0 Å². The van der Waals surface area contributed by atoms with Crippen LogP contribution in [0.5, 0.6) is 0 Å². The Hall–Kier alpha value is -0.720. The van der Waals surface area contributed by atoms with Crippen LogP contribution in [0.1, 0.15) is 25.0 Å². The third-order valence-corrected chi connectivity index (χ3v) is 5.48. The van der Waals surface area contributed by atoms with E-state index in [9.17, 15) is 18.0 Å². The lowest BCUT2D eigenvalue weighted by molar-refractivity contribution is -0.147. The zero-order valence-electron chi connectivity index (χ0n) is 13.0. The Balaban J connectivity index is 2.16. The quantitative estimate of drug-likeness (QED) is 0.431. The Labute approximate surface area is 156 Å². The molecule has 0 spiro atoms. The van der Waals surface area contributed by atoms with Gasteiger partial charge in [-0.1, -0.05) is 37.0 Å². The lowest BCUT2D eigenvalue weighted by Crippen LogP contribution is -2.13. The van der Waals surface area contributed by atoms with Crippen LogP contribution in [0.2, 0.25) is 0 Å². The molecule has 2 nitrogen and oxygen atoms in total. The van der Waals surface area contributed by atoms with Gasteiger partial charge in [0.1, 0.15) is 16.9 Å². The SMILES string of the molecule is Cc1c(F)c(F)c(COC(=O)[C@@H]2[C@@H](C=C(Cl)Cl)C2(C)C)c(Br)c1F. The Bertz CT molecular complexity index is 702. The first-order chi connectivity index (χ1) is 11.0. The highest BCUT2D eigenvalue weighted by molar-refractivity contribution is 9.10. The third-order valence-electron chi connectivity index (χ3n) is 4.40. The molecule has 24 heavy (non-hydrogen) atoms. The molecule has 1 aromatic rings. The van der Waals surface area contributed by atoms with Crippen LogP contribution in [0.3, 0.4) is 0 Å². The van der Waals surface area contributed by atoms with Gasteiger partial charge in [-0.05, 0) is 40.3 Å². The highest BCUT2D eigenvalue weighted by Gasteiger charge is 2.61. The van der Waals surface area contributed by atoms with Crippen LogP contribution >= 0.6 is 39.1 Å². The molecule has 0 N–H and O–H groups in total. The number of carbonyl (C=O) groups excluding carboxylic acids is 1. The first kappa shape index (κ1) is 19.6. The van der Waals surface area contributed by atoms with Gasteiger partial charge in [0.15, 0.2) is 11.6 Å². The van der Waals surface area contributed by atoms with E-state index in [1.165, 1.54) is 6.08 Å². The fraction of sp³-hybridized carbons (Fsp3) is 0.438. The smallest absolute Gasteiger partial charge is 0.310 e. The van der Waals surface area contributed by atoms with Crippen molar-refractivity contribution in [3.8, 4) is 0 Å². The van der Waals surface area contributed by atoms with E-state index in [4.69, 9.17) is 27.9 Å². The maximum Gasteiger partial charge on any atom is 0.310 e. The van der Waals surface area contributed by atoms with Gasteiger partial charge in [0, 0.05) is 11.1 Å². The van der Waals surface area contributed by atoms with Crippen LogP contribution in [-0.4, -0.2) is 5.97 Å². The van der Waals surface area contributed by atoms with Gasteiger partial charge in [0.2, 0.25) is 0 Å². The molecule has 2 atom stereocenters. The summed E-state index contributed by atoms with van der Waals surface area (Å²) in [5, 5.41) is 0. The van der Waals surface area contributed by atoms with Crippen molar-refractivity contribution in [3.05, 3.63) is 43.6 Å². The predicted octanol–water partition coefficient (Wildman–Crippen LogP) is 5.81. The summed E-state index contributed by atoms with van der Waals surface area (Å²) in [4.78, 5) is 12.2. The molecule has 1 aromatic carbocycles. The van der Waals surface area contributed by atoms with Crippen LogP contribution < -0.4 is 0 Å². The molecule has 0 aliphatic heterocycles. The highest BCUT2D eigenvalue weighted by atomic mass is 79.9. The predicted molar refractivity (Wildman–Crippen MR) is 89.1 cm³/mol. The maximum atomic E-state index is 14.0. The molecular formula is C16H14BrCl2F3O2. The van der Waals surface area contributed by atoms with Crippen LogP contribution in [0.4, 0.5) is 13.2 Å². The molecular weight excluding hydrogens is 432 g/mol. The van der Waals surface area contributed by atoms with E-state index in [1.54, 1.807) is 0 Å². The molecule has 0 heterocycles. The van der Waals surface area contributed by atoms with Gasteiger partial charge in [-0.25, -0.2) is 13.2 Å². The number of allylic oxidation sites excluding steroid dienone is 1. The van der Waals surface area contributed by atoms with E-state index < -0.39 is 46.9 Å². The molecule has 1 saturated carbocycles. The minimum Gasteiger partial charge on any atom is -0.460 e. The Morgan fingerprint density at radius 2 is 1.83 bits per heavy atom. The summed E-state index contributed by atoms with van der Waals surface area (Å²) in [5.41, 5.74) is -1.24. The first-order valence-electron chi connectivity index (χ1n) is 7.01. The Morgan fingerprint density at radius 1 is 1.25 bits per heavy atom. The number of rotatable bonds is 4. The van der Waals surface area contributed by atoms with Crippen molar-refractivity contribution < 1.29 is 22.7 Å². The minimum absolute atomic E-state index is 0.0415. The Morgan fingerprint density at radius 3 is 2.38 bits per heavy atom. The molecule has 1 aliphatic carbocycles. The molecule has 1 fully saturated rings. The average molecular weight is 446 g/mol. The van der Waals surface area contributed by atoms with Gasteiger partial charge in [0.25, 0.3) is 0 Å². The molecule has 0 saturated heterocycles. The minimum atomic E-state index is -1.30. The van der Waals surface area contributed by atoms with Crippen LogP contribution in [-0.2, 0) is 16.1 Å². The molecule has 0 amide bonds. The van der Waals surface area contributed by atoms with Gasteiger partial charge < -0.3 is 4.74 Å². The van der Waals surface area contributed by atoms with Crippen molar-refractivity contribution in [1.29, 1.82) is 0 Å². The molecule has 0 aromatic heterocycles. The van der Waals surface area contributed by atoms with E-state index in [0.29, 0.717) is 0 Å². The number of hydrogen-bond donors (Lipinski definition) is 0. The molecule has 132 valence electrons. The fourth-order valence-corrected chi connectivity index (χ4v) is 3.58. The lowest BCUT2D eigenvalue weighted by Gasteiger charge is -2.12. The second-order valence-corrected chi connectivity index (χ2v) is 8.05. The standard InChI is InChI=1S/C16H14BrCl2F3O2/c1-6-12(20)11(17)7(14(22)13(6)21)5-24-15(23)10-8(4-9(18)19)16(10,2)3/h4,8,10H,5H2,1-3H3/t8-,10+/m1/s1. The molecule has 0 radical (unpaired) electrons. The van der Waals surface area contributed by atoms with Crippen LogP contribution in [0.15, 0.2) is 15.0 Å². The van der Waals surface area contributed by atoms with Crippen molar-refractivity contribution in [2.24, 2.45) is 17.3 Å². The van der Waals surface area contributed by atoms with E-state index in [-0.39, 0.29) is 20.4 Å². The van der Waals surface area contributed by atoms with Gasteiger partial charge in [0.05, 0.1) is 10.4 Å². The lowest BCUT2D eigenvalue weighted by atomic mass is 10.1. The number of ether oxygens (including phenoxy) is 1. The van der Waals surface area contributed by atoms with E-state index in [0.717, 1.165) is 6.92 Å². The summed E-state index contributed by atoms with van der Waals surface area (Å²) in [7, 11) is 0. The Kier molecular flexibility index (Phi) is 5.62. The molecule has 1 aliphatic rings. The summed E-state index contributed by atoms with van der Waals surface area (Å²) in [5.74, 6) is -4.81. The number of halogens is 6. The number of carbonyl (C=O) groups is 1. The largest absolute Gasteiger partial charge is 0.460 e. The number of hydrogen-bond acceptors (Lipinski definition) is 2. The van der Waals surface area contributed by atoms with Crippen LogP contribution in [0, 0.1) is 41.6 Å². The molecule has 2 rings (SSSR count). The molecule has 8 heteroatoms. The van der Waals surface area contributed by atoms with Crippen molar-refractivity contribution in [2.45, 2.75) is 27.4 Å². The first-order valence-corrected chi connectivity index (χ1v) is 8.55. The third kappa shape index (κ3) is 3.46. The number of esters is 1. The normalized spacial score (nSPS) is 21.4. The topological polar surface area (TPSA) is 26.3 Å². The average Bonchev–Trinajstić information content (AvgIpc) is 3.02. The summed E-state index contributed by atoms with van der Waals surface area (Å²) < 4.78 is 46.3. The summed E-state index contributed by atoms with van der Waals surface area (Å²) >= 11 is 14.1. The summed E-state index contributed by atoms with van der Waals surface area (Å²) in [6, 6.07) is 0. The second kappa shape index (κ2) is 6.89. The van der Waals surface area contributed by atoms with Crippen molar-refractivity contribution >= 4 is 45.1 Å². The monoisotopic (exact) mass is 444 g/mol. The van der Waals surface area contributed by atoms with E-state index in [2.05, 4.69) is 15.9 Å². The van der Waals surface area contributed by atoms with Crippen molar-refractivity contribution in [2.75, 3.05) is 0 Å². The van der Waals surface area contributed by atoms with Crippen molar-refractivity contribution in [1.82, 2.24) is 0 Å². The number of benzene rings is 1. The second-order valence-electron chi connectivity index (χ2n) is 6.25. The summed E-state index contributed by atoms with van der Waals surface area (Å²) in [6.07, 6.45) is 1.54. The fourth-order valence-electron chi connectivity index (χ4n) is 2.72.